The van der Waals surface area contributed by atoms with E-state index in [2.05, 4.69) is 24.5 Å². The van der Waals surface area contributed by atoms with E-state index in [1.807, 2.05) is 32.6 Å². The van der Waals surface area contributed by atoms with Crippen molar-refractivity contribution in [3.05, 3.63) is 0 Å². The van der Waals surface area contributed by atoms with Gasteiger partial charge in [-0.25, -0.2) is 4.79 Å². The Hall–Kier alpha value is -1.14. The van der Waals surface area contributed by atoms with Gasteiger partial charge in [-0.1, -0.05) is 20.8 Å². The average molecular weight is 286 g/mol. The highest BCUT2D eigenvalue weighted by atomic mass is 16.2. The van der Waals surface area contributed by atoms with E-state index in [9.17, 15) is 9.59 Å². The second kappa shape index (κ2) is 7.59. The van der Waals surface area contributed by atoms with Crippen molar-refractivity contribution in [3.63, 3.8) is 0 Å². The Labute approximate surface area is 122 Å². The molecule has 0 spiro atoms. The summed E-state index contributed by atoms with van der Waals surface area (Å²) < 4.78 is 0. The molecule has 0 aromatic heterocycles. The van der Waals surface area contributed by atoms with E-state index in [0.717, 1.165) is 6.54 Å². The number of nitrogens with one attached hydrogen (secondary N) is 2. The highest BCUT2D eigenvalue weighted by molar-refractivity contribution is 5.95. The summed E-state index contributed by atoms with van der Waals surface area (Å²) in [4.78, 5) is 25.4. The molecule has 3 amide bonds. The maximum Gasteiger partial charge on any atom is 0.321 e. The highest BCUT2D eigenvalue weighted by Crippen LogP contribution is 2.14. The third kappa shape index (κ3) is 8.87. The Kier molecular flexibility index (Phi) is 7.16. The highest BCUT2D eigenvalue weighted by Gasteiger charge is 2.22. The van der Waals surface area contributed by atoms with Crippen molar-refractivity contribution in [2.24, 2.45) is 11.1 Å². The number of amides is 3. The van der Waals surface area contributed by atoms with Crippen LogP contribution in [0.3, 0.4) is 0 Å². The van der Waals surface area contributed by atoms with Gasteiger partial charge in [-0.3, -0.25) is 15.0 Å². The Balaban J connectivity index is 4.33. The summed E-state index contributed by atoms with van der Waals surface area (Å²) in [5.41, 5.74) is 5.28. The van der Waals surface area contributed by atoms with Crippen LogP contribution in [-0.4, -0.2) is 48.6 Å². The van der Waals surface area contributed by atoms with Crippen LogP contribution in [0.4, 0.5) is 4.79 Å². The van der Waals surface area contributed by atoms with Crippen LogP contribution in [-0.2, 0) is 4.79 Å². The van der Waals surface area contributed by atoms with Gasteiger partial charge in [0.05, 0.1) is 6.54 Å². The number of urea groups is 1. The summed E-state index contributed by atoms with van der Waals surface area (Å²) in [6.07, 6.45) is 0. The van der Waals surface area contributed by atoms with Crippen LogP contribution >= 0.6 is 0 Å². The molecular weight excluding hydrogens is 256 g/mol. The van der Waals surface area contributed by atoms with Crippen molar-refractivity contribution in [2.75, 3.05) is 26.2 Å². The first-order valence-electron chi connectivity index (χ1n) is 7.03. The molecule has 0 unspecified atom stereocenters. The van der Waals surface area contributed by atoms with Gasteiger partial charge in [-0.15, -0.1) is 0 Å². The van der Waals surface area contributed by atoms with Crippen LogP contribution in [0.5, 0.6) is 0 Å². The second-order valence-corrected chi connectivity index (χ2v) is 6.92. The largest absolute Gasteiger partial charge is 0.333 e. The summed E-state index contributed by atoms with van der Waals surface area (Å²) in [6, 6.07) is -0.461. The zero-order valence-electron chi connectivity index (χ0n) is 13.7. The Morgan fingerprint density at radius 1 is 1.15 bits per heavy atom. The summed E-state index contributed by atoms with van der Waals surface area (Å²) >= 11 is 0. The molecule has 0 fully saturated rings. The number of nitrogens with zero attached hydrogens (tertiary/aromatic N) is 1. The molecule has 0 aliphatic heterocycles. The number of likely N-dealkylation sites (N-methyl/N-ethyl adjacent to an activating group) is 1. The number of nitrogens with two attached hydrogens (primary N) is 1. The molecule has 0 aliphatic carbocycles. The van der Waals surface area contributed by atoms with Crippen LogP contribution in [0, 0.1) is 5.41 Å². The monoisotopic (exact) mass is 286 g/mol. The number of hydrogen-bond donors (Lipinski definition) is 3. The molecule has 0 bridgehead atoms. The quantitative estimate of drug-likeness (QED) is 0.677. The van der Waals surface area contributed by atoms with E-state index in [1.54, 1.807) is 0 Å². The zero-order valence-corrected chi connectivity index (χ0v) is 13.7. The molecular formula is C14H30N4O2. The summed E-state index contributed by atoms with van der Waals surface area (Å²) in [7, 11) is 0. The summed E-state index contributed by atoms with van der Waals surface area (Å²) in [6.45, 7) is 13.9. The van der Waals surface area contributed by atoms with E-state index in [0.29, 0.717) is 13.1 Å². The average Bonchev–Trinajstić information content (AvgIpc) is 2.24. The van der Waals surface area contributed by atoms with Gasteiger partial charge in [-0.2, -0.15) is 0 Å². The Bertz CT molecular complexity index is 335. The summed E-state index contributed by atoms with van der Waals surface area (Å²) in [5.74, 6) is -0.304. The fourth-order valence-corrected chi connectivity index (χ4v) is 1.69. The fourth-order valence-electron chi connectivity index (χ4n) is 1.69. The zero-order chi connectivity index (χ0) is 16.0. The number of hydrogen-bond acceptors (Lipinski definition) is 4. The third-order valence-electron chi connectivity index (χ3n) is 2.76. The van der Waals surface area contributed by atoms with Gasteiger partial charge < -0.3 is 11.1 Å². The second-order valence-electron chi connectivity index (χ2n) is 6.92. The van der Waals surface area contributed by atoms with Crippen molar-refractivity contribution in [1.29, 1.82) is 0 Å². The van der Waals surface area contributed by atoms with Gasteiger partial charge in [0.15, 0.2) is 0 Å². The predicted octanol–water partition coefficient (Wildman–Crippen LogP) is 0.918. The number of imide groups is 1. The molecule has 0 aromatic carbocycles. The van der Waals surface area contributed by atoms with Crippen LogP contribution < -0.4 is 16.4 Å². The van der Waals surface area contributed by atoms with Crippen molar-refractivity contribution in [1.82, 2.24) is 15.5 Å². The molecule has 6 heteroatoms. The number of rotatable bonds is 6. The predicted molar refractivity (Wildman–Crippen MR) is 81.4 cm³/mol. The molecule has 0 aliphatic rings. The maximum atomic E-state index is 11.8. The van der Waals surface area contributed by atoms with Crippen molar-refractivity contribution >= 4 is 11.9 Å². The minimum atomic E-state index is -0.461. The van der Waals surface area contributed by atoms with E-state index in [-0.39, 0.29) is 23.4 Å². The smallest absolute Gasteiger partial charge is 0.321 e. The lowest BCUT2D eigenvalue weighted by molar-refractivity contribution is -0.121. The Morgan fingerprint density at radius 2 is 1.70 bits per heavy atom. The topological polar surface area (TPSA) is 87.5 Å². The first-order valence-corrected chi connectivity index (χ1v) is 7.03. The molecule has 0 aromatic rings. The van der Waals surface area contributed by atoms with Crippen molar-refractivity contribution < 1.29 is 9.59 Å². The van der Waals surface area contributed by atoms with E-state index in [1.165, 1.54) is 0 Å². The van der Waals surface area contributed by atoms with Crippen molar-refractivity contribution in [3.8, 4) is 0 Å². The van der Waals surface area contributed by atoms with Gasteiger partial charge in [0.2, 0.25) is 5.91 Å². The van der Waals surface area contributed by atoms with Crippen LogP contribution in [0.2, 0.25) is 0 Å². The molecule has 118 valence electrons. The van der Waals surface area contributed by atoms with Crippen LogP contribution in [0.25, 0.3) is 0 Å². The van der Waals surface area contributed by atoms with E-state index in [4.69, 9.17) is 5.73 Å². The minimum Gasteiger partial charge on any atom is -0.333 e. The molecule has 4 N–H and O–H groups in total. The lowest BCUT2D eigenvalue weighted by Crippen LogP contribution is -2.51. The van der Waals surface area contributed by atoms with Gasteiger partial charge >= 0.3 is 6.03 Å². The third-order valence-corrected chi connectivity index (χ3v) is 2.76. The minimum absolute atomic E-state index is 0.0516. The first-order chi connectivity index (χ1) is 8.99. The molecule has 0 atom stereocenters. The van der Waals surface area contributed by atoms with E-state index < -0.39 is 6.03 Å². The molecule has 0 heterocycles. The van der Waals surface area contributed by atoms with Crippen molar-refractivity contribution in [2.45, 2.75) is 47.1 Å². The Morgan fingerprint density at radius 3 is 2.10 bits per heavy atom. The normalized spacial score (nSPS) is 12.4. The standard InChI is InChI=1S/C14H30N4O2/c1-7-18(10-14(5,6)9-15)8-11(19)16-12(20)17-13(2,3)4/h7-10,15H2,1-6H3,(H2,16,17,19,20). The molecule has 0 radical (unpaired) electrons. The first kappa shape index (κ1) is 18.9. The number of carbonyl (C=O) groups excluding carboxylic acids is 2. The molecule has 0 saturated heterocycles. The van der Waals surface area contributed by atoms with Gasteiger partial charge in [0.1, 0.15) is 0 Å². The molecule has 0 rings (SSSR count). The van der Waals surface area contributed by atoms with E-state index >= 15 is 0 Å². The number of carbonyl (C=O) groups is 2. The SMILES string of the molecule is CCN(CC(=O)NC(=O)NC(C)(C)C)CC(C)(C)CN. The summed E-state index contributed by atoms with van der Waals surface area (Å²) in [5, 5.41) is 5.03. The molecule has 6 nitrogen and oxygen atoms in total. The van der Waals surface area contributed by atoms with Gasteiger partial charge in [-0.05, 0) is 39.3 Å². The lowest BCUT2D eigenvalue weighted by atomic mass is 9.93. The fraction of sp³-hybridized carbons (Fsp3) is 0.857. The maximum absolute atomic E-state index is 11.8. The molecule has 20 heavy (non-hydrogen) atoms. The van der Waals surface area contributed by atoms with Crippen LogP contribution in [0.1, 0.15) is 41.5 Å². The van der Waals surface area contributed by atoms with Gasteiger partial charge in [0, 0.05) is 12.1 Å². The molecule has 0 saturated carbocycles. The lowest BCUT2D eigenvalue weighted by Gasteiger charge is -2.30. The van der Waals surface area contributed by atoms with Gasteiger partial charge in [0.25, 0.3) is 0 Å². The van der Waals surface area contributed by atoms with Crippen LogP contribution in [0.15, 0.2) is 0 Å².